The van der Waals surface area contributed by atoms with Gasteiger partial charge in [-0.3, -0.25) is 37.3 Å². The molecule has 0 aromatic heterocycles. The van der Waals surface area contributed by atoms with E-state index in [4.69, 9.17) is 37.0 Å². The van der Waals surface area contributed by atoms with Crippen LogP contribution in [0.15, 0.2) is 0 Å². The van der Waals surface area contributed by atoms with Gasteiger partial charge in [0.25, 0.3) is 0 Å². The third-order valence-electron chi connectivity index (χ3n) is 17.5. The minimum absolute atomic E-state index is 0.106. The molecule has 0 spiro atoms. The number of rotatable bonds is 72. The highest BCUT2D eigenvalue weighted by atomic mass is 31.2. The second-order valence-electron chi connectivity index (χ2n) is 27.9. The first-order valence-corrected chi connectivity index (χ1v) is 41.4. The second-order valence-corrected chi connectivity index (χ2v) is 30.8. The molecule has 0 aliphatic heterocycles. The summed E-state index contributed by atoms with van der Waals surface area (Å²) in [5.74, 6) is 0.188. The Morgan fingerprint density at radius 2 is 0.548 bits per heavy atom. The van der Waals surface area contributed by atoms with Crippen LogP contribution in [0.2, 0.25) is 0 Å². The lowest BCUT2D eigenvalue weighted by Crippen LogP contribution is -2.30. The Kier molecular flexibility index (Phi) is 63.4. The van der Waals surface area contributed by atoms with Gasteiger partial charge in [0, 0.05) is 25.7 Å². The molecule has 0 saturated carbocycles. The number of esters is 4. The molecular weight excluding hydrogens is 1220 g/mol. The molecule has 0 radical (unpaired) electrons. The Morgan fingerprint density at radius 3 is 0.817 bits per heavy atom. The first kappa shape index (κ1) is 91.1. The van der Waals surface area contributed by atoms with Crippen LogP contribution >= 0.6 is 15.6 Å². The number of aliphatic hydroxyl groups is 1. The molecule has 0 fully saturated rings. The van der Waals surface area contributed by atoms with E-state index < -0.39 is 97.5 Å². The molecule has 19 heteroatoms. The molecule has 0 heterocycles. The second kappa shape index (κ2) is 64.7. The van der Waals surface area contributed by atoms with Crippen molar-refractivity contribution >= 4 is 39.5 Å². The lowest BCUT2D eigenvalue weighted by atomic mass is 10.00. The van der Waals surface area contributed by atoms with E-state index in [1.807, 2.05) is 0 Å². The van der Waals surface area contributed by atoms with Gasteiger partial charge in [-0.2, -0.15) is 0 Å². The van der Waals surface area contributed by atoms with Crippen LogP contribution in [-0.4, -0.2) is 96.7 Å². The van der Waals surface area contributed by atoms with Gasteiger partial charge in [0.05, 0.1) is 26.4 Å². The largest absolute Gasteiger partial charge is 0.472 e. The minimum Gasteiger partial charge on any atom is -0.462 e. The van der Waals surface area contributed by atoms with Crippen LogP contribution in [0, 0.1) is 17.8 Å². The van der Waals surface area contributed by atoms with Crippen molar-refractivity contribution in [2.45, 2.75) is 394 Å². The summed E-state index contributed by atoms with van der Waals surface area (Å²) < 4.78 is 68.4. The number of carbonyl (C=O) groups excluding carboxylic acids is 4. The zero-order valence-electron chi connectivity index (χ0n) is 60.7. The first-order chi connectivity index (χ1) is 44.8. The predicted molar refractivity (Wildman–Crippen MR) is 377 cm³/mol. The number of phosphoric acid groups is 2. The minimum atomic E-state index is -4.96. The molecule has 17 nitrogen and oxygen atoms in total. The number of ether oxygens (including phenoxy) is 4. The Hall–Kier alpha value is -1.94. The third-order valence-corrected chi connectivity index (χ3v) is 19.4. The summed E-state index contributed by atoms with van der Waals surface area (Å²) in [6, 6.07) is 0. The van der Waals surface area contributed by atoms with E-state index in [-0.39, 0.29) is 25.7 Å². The van der Waals surface area contributed by atoms with E-state index in [1.165, 1.54) is 180 Å². The zero-order valence-corrected chi connectivity index (χ0v) is 62.5. The molecule has 3 N–H and O–H groups in total. The average molecular weight is 1370 g/mol. The number of phosphoric ester groups is 2. The van der Waals surface area contributed by atoms with Gasteiger partial charge in [-0.15, -0.1) is 0 Å². The highest BCUT2D eigenvalue weighted by Gasteiger charge is 2.30. The quantitative estimate of drug-likeness (QED) is 0.0222. The first-order valence-electron chi connectivity index (χ1n) is 38.4. The predicted octanol–water partition coefficient (Wildman–Crippen LogP) is 21.4. The highest BCUT2D eigenvalue weighted by molar-refractivity contribution is 7.47. The van der Waals surface area contributed by atoms with Crippen molar-refractivity contribution in [3.05, 3.63) is 0 Å². The number of aliphatic hydroxyl groups excluding tert-OH is 1. The number of carbonyl (C=O) groups is 4. The molecule has 0 aliphatic carbocycles. The highest BCUT2D eigenvalue weighted by Crippen LogP contribution is 2.45. The summed E-state index contributed by atoms with van der Waals surface area (Å²) in [4.78, 5) is 72.7. The van der Waals surface area contributed by atoms with Crippen molar-refractivity contribution in [2.75, 3.05) is 39.6 Å². The van der Waals surface area contributed by atoms with E-state index in [2.05, 4.69) is 48.5 Å². The van der Waals surface area contributed by atoms with Crippen LogP contribution in [0.3, 0.4) is 0 Å². The maximum absolute atomic E-state index is 13.1. The molecule has 0 aromatic carbocycles. The van der Waals surface area contributed by atoms with Crippen LogP contribution in [0.4, 0.5) is 0 Å². The molecule has 6 atom stereocenters. The zero-order chi connectivity index (χ0) is 68.7. The Bertz CT molecular complexity index is 1820. The molecular formula is C74H144O17P2. The van der Waals surface area contributed by atoms with Crippen LogP contribution < -0.4 is 0 Å². The van der Waals surface area contributed by atoms with Crippen molar-refractivity contribution in [3.8, 4) is 0 Å². The number of unbranched alkanes of at least 4 members (excludes halogenated alkanes) is 39. The summed E-state index contributed by atoms with van der Waals surface area (Å²) in [6.07, 6.45) is 49.9. The maximum atomic E-state index is 13.1. The SMILES string of the molecule is CCCCCCCCCCCCCC(=O)O[C@H](COC(=O)CCCCCCCCC(C)CC)COP(=O)(O)OC[C@H](O)COP(=O)(O)OC[C@@H](COC(=O)CCCCCCCCCCCCCCCC(C)C)OC(=O)CCCCCCCCCCCCCCCC(C)C. The van der Waals surface area contributed by atoms with Crippen molar-refractivity contribution < 1.29 is 80.2 Å². The van der Waals surface area contributed by atoms with E-state index >= 15 is 0 Å². The van der Waals surface area contributed by atoms with Crippen LogP contribution in [-0.2, 0) is 65.4 Å². The van der Waals surface area contributed by atoms with Crippen LogP contribution in [0.1, 0.15) is 376 Å². The molecule has 3 unspecified atom stereocenters. The smallest absolute Gasteiger partial charge is 0.462 e. The summed E-state index contributed by atoms with van der Waals surface area (Å²) in [5.41, 5.74) is 0. The molecule has 93 heavy (non-hydrogen) atoms. The van der Waals surface area contributed by atoms with Crippen LogP contribution in [0.25, 0.3) is 0 Å². The summed E-state index contributed by atoms with van der Waals surface area (Å²) in [5, 5.41) is 10.6. The van der Waals surface area contributed by atoms with Gasteiger partial charge in [-0.25, -0.2) is 9.13 Å². The monoisotopic (exact) mass is 1370 g/mol. The van der Waals surface area contributed by atoms with Crippen LogP contribution in [0.5, 0.6) is 0 Å². The van der Waals surface area contributed by atoms with Crippen molar-refractivity contribution in [1.29, 1.82) is 0 Å². The normalized spacial score (nSPS) is 14.4. The average Bonchev–Trinajstić information content (AvgIpc) is 1.63. The standard InChI is InChI=1S/C74H144O17P2/c1-8-10-11-12-13-14-21-29-34-43-50-57-73(78)91-70(62-85-72(77)56-49-42-37-36-40-47-54-67(7)9-2)64-89-93(82,83)87-60-68(75)59-86-92(80,81)88-63-69(90-74(79)58-51-44-35-30-25-20-16-18-23-27-32-39-46-53-66(5)6)61-84-71(76)55-48-41-33-28-24-19-15-17-22-26-31-38-45-52-65(3)4/h65-70,75H,8-64H2,1-7H3,(H,80,81)(H,82,83)/t67?,68-,69-,70-/m1/s1. The van der Waals surface area contributed by atoms with Gasteiger partial charge in [-0.1, -0.05) is 325 Å². The van der Waals surface area contributed by atoms with Gasteiger partial charge < -0.3 is 33.8 Å². The Balaban J connectivity index is 5.25. The Labute approximate surface area is 568 Å². The fraction of sp³-hybridized carbons (Fsp3) is 0.946. The summed E-state index contributed by atoms with van der Waals surface area (Å²) in [6.45, 7) is 11.9. The summed E-state index contributed by atoms with van der Waals surface area (Å²) in [7, 11) is -9.91. The van der Waals surface area contributed by atoms with E-state index in [1.54, 1.807) is 0 Å². The fourth-order valence-corrected chi connectivity index (χ4v) is 12.8. The molecule has 552 valence electrons. The van der Waals surface area contributed by atoms with Gasteiger partial charge >= 0.3 is 39.5 Å². The van der Waals surface area contributed by atoms with Gasteiger partial charge in [0.2, 0.25) is 0 Å². The number of hydrogen-bond donors (Lipinski definition) is 3. The molecule has 0 aliphatic rings. The van der Waals surface area contributed by atoms with Crippen molar-refractivity contribution in [2.24, 2.45) is 17.8 Å². The third kappa shape index (κ3) is 67.0. The molecule has 0 bridgehead atoms. The Morgan fingerprint density at radius 1 is 0.312 bits per heavy atom. The van der Waals surface area contributed by atoms with Gasteiger partial charge in [0.15, 0.2) is 12.2 Å². The van der Waals surface area contributed by atoms with Crippen molar-refractivity contribution in [1.82, 2.24) is 0 Å². The van der Waals surface area contributed by atoms with E-state index in [9.17, 15) is 43.2 Å². The molecule has 0 amide bonds. The van der Waals surface area contributed by atoms with E-state index in [0.717, 1.165) is 114 Å². The van der Waals surface area contributed by atoms with Gasteiger partial charge in [-0.05, 0) is 43.4 Å². The lowest BCUT2D eigenvalue weighted by Gasteiger charge is -2.21. The molecule has 0 rings (SSSR count). The topological polar surface area (TPSA) is 237 Å². The van der Waals surface area contributed by atoms with Crippen molar-refractivity contribution in [3.63, 3.8) is 0 Å². The lowest BCUT2D eigenvalue weighted by molar-refractivity contribution is -0.161. The number of hydrogen-bond acceptors (Lipinski definition) is 15. The maximum Gasteiger partial charge on any atom is 0.472 e. The molecule has 0 aromatic rings. The van der Waals surface area contributed by atoms with E-state index in [0.29, 0.717) is 25.7 Å². The fourth-order valence-electron chi connectivity index (χ4n) is 11.2. The summed E-state index contributed by atoms with van der Waals surface area (Å²) >= 11 is 0. The molecule has 0 saturated heterocycles. The van der Waals surface area contributed by atoms with Gasteiger partial charge in [0.1, 0.15) is 19.3 Å².